The minimum absolute atomic E-state index is 0.112. The topological polar surface area (TPSA) is 99.2 Å². The van der Waals surface area contributed by atoms with Crippen molar-refractivity contribution in [2.45, 2.75) is 18.9 Å². The fraction of sp³-hybridized carbons (Fsp3) is 0.200. The van der Waals surface area contributed by atoms with E-state index in [9.17, 15) is 14.9 Å². The van der Waals surface area contributed by atoms with E-state index in [0.29, 0.717) is 16.9 Å². The molecule has 0 aliphatic carbocycles. The standard InChI is InChI=1S/C25H20N4O3/c1-15-12-20-21(23(30)28(15)2)25(18(13-26)22(27)32-20)17-10-6-7-11-19(17)29(24(25)31)14-16-8-4-3-5-9-16/h3-12,18,27H,14H2,1-2H3. The number of nitrogens with one attached hydrogen (secondary N) is 1. The average Bonchev–Trinajstić information content (AvgIpc) is 3.02. The molecule has 2 aliphatic rings. The number of aromatic nitrogens is 1. The highest BCUT2D eigenvalue weighted by Gasteiger charge is 2.63. The summed E-state index contributed by atoms with van der Waals surface area (Å²) in [5.74, 6) is -1.84. The molecule has 0 saturated carbocycles. The Morgan fingerprint density at radius 2 is 1.81 bits per heavy atom. The van der Waals surface area contributed by atoms with Crippen LogP contribution in [-0.4, -0.2) is 16.4 Å². The molecule has 2 unspecified atom stereocenters. The van der Waals surface area contributed by atoms with Crippen molar-refractivity contribution in [1.82, 2.24) is 4.57 Å². The maximum Gasteiger partial charge on any atom is 0.258 e. The van der Waals surface area contributed by atoms with Crippen molar-refractivity contribution in [2.24, 2.45) is 13.0 Å². The van der Waals surface area contributed by atoms with E-state index in [-0.39, 0.29) is 23.8 Å². The van der Waals surface area contributed by atoms with Gasteiger partial charge in [-0.1, -0.05) is 48.5 Å². The van der Waals surface area contributed by atoms with Crippen LogP contribution in [0, 0.1) is 29.6 Å². The number of hydrogen-bond donors (Lipinski definition) is 1. The van der Waals surface area contributed by atoms with Gasteiger partial charge in [0.2, 0.25) is 11.8 Å². The smallest absolute Gasteiger partial charge is 0.258 e. The minimum atomic E-state index is -1.65. The van der Waals surface area contributed by atoms with Crippen LogP contribution in [0.4, 0.5) is 5.69 Å². The number of para-hydroxylation sites is 1. The first kappa shape index (κ1) is 19.8. The number of hydrogen-bond acceptors (Lipinski definition) is 5. The molecule has 1 aromatic heterocycles. The van der Waals surface area contributed by atoms with E-state index in [1.54, 1.807) is 37.1 Å². The lowest BCUT2D eigenvalue weighted by atomic mass is 9.65. The van der Waals surface area contributed by atoms with Crippen LogP contribution in [0.25, 0.3) is 0 Å². The van der Waals surface area contributed by atoms with Crippen molar-refractivity contribution >= 4 is 17.5 Å². The Labute approximate surface area is 184 Å². The molecule has 1 amide bonds. The molecule has 1 N–H and O–H groups in total. The van der Waals surface area contributed by atoms with Gasteiger partial charge in [-0.2, -0.15) is 5.26 Å². The normalized spacial score (nSPS) is 21.2. The quantitative estimate of drug-likeness (QED) is 0.683. The molecule has 0 fully saturated rings. The maximum absolute atomic E-state index is 14.2. The molecule has 1 spiro atoms. The van der Waals surface area contributed by atoms with Gasteiger partial charge in [0, 0.05) is 24.5 Å². The Hall–Kier alpha value is -4.18. The number of ether oxygens (including phenoxy) is 1. The van der Waals surface area contributed by atoms with E-state index in [2.05, 4.69) is 6.07 Å². The first-order valence-electron chi connectivity index (χ1n) is 10.2. The van der Waals surface area contributed by atoms with Crippen LogP contribution in [-0.2, 0) is 23.8 Å². The van der Waals surface area contributed by atoms with Crippen molar-refractivity contribution in [3.8, 4) is 11.8 Å². The fourth-order valence-corrected chi connectivity index (χ4v) is 4.83. The predicted molar refractivity (Wildman–Crippen MR) is 119 cm³/mol. The monoisotopic (exact) mass is 424 g/mol. The highest BCUT2D eigenvalue weighted by Crippen LogP contribution is 2.54. The summed E-state index contributed by atoms with van der Waals surface area (Å²) >= 11 is 0. The highest BCUT2D eigenvalue weighted by molar-refractivity contribution is 6.14. The number of pyridine rings is 1. The Balaban J connectivity index is 1.85. The summed E-state index contributed by atoms with van der Waals surface area (Å²) in [5.41, 5.74) is 0.784. The lowest BCUT2D eigenvalue weighted by molar-refractivity contribution is -0.122. The summed E-state index contributed by atoms with van der Waals surface area (Å²) in [6.45, 7) is 2.04. The van der Waals surface area contributed by atoms with Gasteiger partial charge in [-0.3, -0.25) is 15.0 Å². The molecule has 158 valence electrons. The van der Waals surface area contributed by atoms with Gasteiger partial charge in [-0.15, -0.1) is 0 Å². The third-order valence-electron chi connectivity index (χ3n) is 6.46. The lowest BCUT2D eigenvalue weighted by Gasteiger charge is -2.37. The molecule has 0 bridgehead atoms. The van der Waals surface area contributed by atoms with Crippen LogP contribution < -0.4 is 15.2 Å². The summed E-state index contributed by atoms with van der Waals surface area (Å²) in [6.07, 6.45) is 0. The number of nitriles is 1. The molecular formula is C25H20N4O3. The van der Waals surface area contributed by atoms with Gasteiger partial charge in [0.05, 0.1) is 18.2 Å². The first-order valence-corrected chi connectivity index (χ1v) is 10.2. The third-order valence-corrected chi connectivity index (χ3v) is 6.46. The molecule has 3 heterocycles. The fourth-order valence-electron chi connectivity index (χ4n) is 4.83. The second-order valence-electron chi connectivity index (χ2n) is 8.12. The van der Waals surface area contributed by atoms with Gasteiger partial charge in [-0.05, 0) is 24.1 Å². The summed E-state index contributed by atoms with van der Waals surface area (Å²) < 4.78 is 7.08. The Kier molecular flexibility index (Phi) is 4.28. The van der Waals surface area contributed by atoms with Crippen LogP contribution in [0.3, 0.4) is 0 Å². The number of rotatable bonds is 2. The highest BCUT2D eigenvalue weighted by atomic mass is 16.5. The minimum Gasteiger partial charge on any atom is -0.441 e. The van der Waals surface area contributed by atoms with Crippen molar-refractivity contribution in [3.05, 3.63) is 93.4 Å². The van der Waals surface area contributed by atoms with Crippen LogP contribution in [0.1, 0.15) is 22.4 Å². The van der Waals surface area contributed by atoms with E-state index < -0.39 is 22.8 Å². The van der Waals surface area contributed by atoms with Crippen molar-refractivity contribution in [1.29, 1.82) is 10.7 Å². The lowest BCUT2D eigenvalue weighted by Crippen LogP contribution is -2.55. The van der Waals surface area contributed by atoms with Crippen LogP contribution in [0.2, 0.25) is 0 Å². The number of anilines is 1. The largest absolute Gasteiger partial charge is 0.441 e. The number of carbonyl (C=O) groups excluding carboxylic acids is 1. The SMILES string of the molecule is Cc1cc2c(c(=O)n1C)C1(C(=O)N(Cc3ccccc3)c3ccccc31)C(C#N)C(=N)O2. The average molecular weight is 424 g/mol. The number of benzene rings is 2. The number of aryl methyl sites for hydroxylation is 1. The van der Waals surface area contributed by atoms with Gasteiger partial charge in [-0.25, -0.2) is 0 Å². The van der Waals surface area contributed by atoms with Crippen LogP contribution in [0.5, 0.6) is 5.75 Å². The zero-order chi connectivity index (χ0) is 22.6. The molecule has 3 aromatic rings. The van der Waals surface area contributed by atoms with Crippen molar-refractivity contribution in [2.75, 3.05) is 4.90 Å². The molecule has 0 radical (unpaired) electrons. The molecule has 5 rings (SSSR count). The summed E-state index contributed by atoms with van der Waals surface area (Å²) in [7, 11) is 1.63. The molecular weight excluding hydrogens is 404 g/mol. The Bertz CT molecular complexity index is 1390. The number of amides is 1. The zero-order valence-electron chi connectivity index (χ0n) is 17.6. The van der Waals surface area contributed by atoms with Gasteiger partial charge >= 0.3 is 0 Å². The van der Waals surface area contributed by atoms with Gasteiger partial charge in [0.1, 0.15) is 17.1 Å². The predicted octanol–water partition coefficient (Wildman–Crippen LogP) is 3.04. The molecule has 32 heavy (non-hydrogen) atoms. The third kappa shape index (κ3) is 2.44. The van der Waals surface area contributed by atoms with E-state index >= 15 is 0 Å². The molecule has 2 aromatic carbocycles. The summed E-state index contributed by atoms with van der Waals surface area (Å²) in [6, 6.07) is 20.5. The van der Waals surface area contributed by atoms with Gasteiger partial charge in [0.15, 0.2) is 0 Å². The van der Waals surface area contributed by atoms with Gasteiger partial charge < -0.3 is 14.2 Å². The number of nitrogens with zero attached hydrogens (tertiary/aromatic N) is 3. The molecule has 7 nitrogen and oxygen atoms in total. The van der Waals surface area contributed by atoms with E-state index in [1.165, 1.54) is 4.57 Å². The van der Waals surface area contributed by atoms with Crippen molar-refractivity contribution < 1.29 is 9.53 Å². The van der Waals surface area contributed by atoms with E-state index in [1.807, 2.05) is 42.5 Å². The van der Waals surface area contributed by atoms with Gasteiger partial charge in [0.25, 0.3) is 5.56 Å². The molecule has 0 saturated heterocycles. The Morgan fingerprint density at radius 3 is 2.53 bits per heavy atom. The maximum atomic E-state index is 14.2. The molecule has 7 heteroatoms. The van der Waals surface area contributed by atoms with E-state index in [0.717, 1.165) is 5.56 Å². The van der Waals surface area contributed by atoms with Crippen LogP contribution in [0.15, 0.2) is 65.5 Å². The number of carbonyl (C=O) groups is 1. The van der Waals surface area contributed by atoms with Crippen LogP contribution >= 0.6 is 0 Å². The zero-order valence-corrected chi connectivity index (χ0v) is 17.6. The Morgan fingerprint density at radius 1 is 1.12 bits per heavy atom. The summed E-state index contributed by atoms with van der Waals surface area (Å²) in [4.78, 5) is 29.4. The van der Waals surface area contributed by atoms with E-state index in [4.69, 9.17) is 10.1 Å². The second-order valence-corrected chi connectivity index (χ2v) is 8.12. The molecule has 2 aliphatic heterocycles. The van der Waals surface area contributed by atoms with Crippen molar-refractivity contribution in [3.63, 3.8) is 0 Å². The second kappa shape index (κ2) is 6.92. The first-order chi connectivity index (χ1) is 15.4. The molecule has 2 atom stereocenters. The number of fused-ring (bicyclic) bond motifs is 4. The summed E-state index contributed by atoms with van der Waals surface area (Å²) in [5, 5.41) is 18.6.